The van der Waals surface area contributed by atoms with Gasteiger partial charge in [0.05, 0.1) is 11.4 Å². The molecule has 0 atom stereocenters. The van der Waals surface area contributed by atoms with E-state index in [2.05, 4.69) is 4.99 Å². The summed E-state index contributed by atoms with van der Waals surface area (Å²) in [6.45, 7) is 3.42. The summed E-state index contributed by atoms with van der Waals surface area (Å²) in [6.07, 6.45) is 0. The molecular weight excluding hydrogens is 194 g/mol. The van der Waals surface area contributed by atoms with Gasteiger partial charge in [0.25, 0.3) is 0 Å². The minimum absolute atomic E-state index is 0.0346. The van der Waals surface area contributed by atoms with Crippen molar-refractivity contribution in [2.24, 2.45) is 4.99 Å². The van der Waals surface area contributed by atoms with Crippen molar-refractivity contribution in [1.29, 1.82) is 0 Å². The summed E-state index contributed by atoms with van der Waals surface area (Å²) in [5, 5.41) is 0. The van der Waals surface area contributed by atoms with Crippen LogP contribution in [0, 0.1) is 0 Å². The molecule has 0 fully saturated rings. The predicted octanol–water partition coefficient (Wildman–Crippen LogP) is 2.10. The number of rotatable bonds is 2. The van der Waals surface area contributed by atoms with Crippen molar-refractivity contribution < 1.29 is 14.3 Å². The summed E-state index contributed by atoms with van der Waals surface area (Å²) in [7, 11) is 0. The number of hydrogen-bond acceptors (Lipinski definition) is 4. The van der Waals surface area contributed by atoms with Crippen LogP contribution < -0.4 is 9.47 Å². The standard InChI is InChI=1S/C11H11NO3/c1-7(8(2)13)12-9-3-4-10-11(5-9)15-6-14-10/h3-5H,6H2,1-2H3. The number of ketones is 1. The normalized spacial score (nSPS) is 14.1. The van der Waals surface area contributed by atoms with E-state index in [0.29, 0.717) is 17.1 Å². The van der Waals surface area contributed by atoms with Gasteiger partial charge in [-0.25, -0.2) is 4.99 Å². The van der Waals surface area contributed by atoms with Crippen LogP contribution in [0.1, 0.15) is 13.8 Å². The van der Waals surface area contributed by atoms with Gasteiger partial charge >= 0.3 is 0 Å². The number of Topliss-reactive ketones (excluding diaryl/α,β-unsaturated/α-hetero) is 1. The van der Waals surface area contributed by atoms with Gasteiger partial charge in [0, 0.05) is 13.0 Å². The summed E-state index contributed by atoms with van der Waals surface area (Å²) >= 11 is 0. The van der Waals surface area contributed by atoms with Gasteiger partial charge in [0.2, 0.25) is 6.79 Å². The SMILES string of the molecule is CC(=O)C(C)=Nc1ccc2c(c1)OCO2. The summed E-state index contributed by atoms with van der Waals surface area (Å²) in [5.74, 6) is 1.36. The highest BCUT2D eigenvalue weighted by Crippen LogP contribution is 2.35. The third kappa shape index (κ3) is 1.98. The van der Waals surface area contributed by atoms with Crippen LogP contribution in [-0.2, 0) is 4.79 Å². The van der Waals surface area contributed by atoms with Crippen molar-refractivity contribution >= 4 is 17.2 Å². The monoisotopic (exact) mass is 205 g/mol. The lowest BCUT2D eigenvalue weighted by Gasteiger charge is -1.98. The maximum atomic E-state index is 11.0. The van der Waals surface area contributed by atoms with Crippen molar-refractivity contribution in [3.8, 4) is 11.5 Å². The number of hydrogen-bond donors (Lipinski definition) is 0. The van der Waals surface area contributed by atoms with Crippen molar-refractivity contribution in [3.05, 3.63) is 18.2 Å². The summed E-state index contributed by atoms with van der Waals surface area (Å²) in [6, 6.07) is 5.34. The molecule has 1 aromatic carbocycles. The molecule has 0 radical (unpaired) electrons. The van der Waals surface area contributed by atoms with Gasteiger partial charge in [-0.3, -0.25) is 4.79 Å². The molecule has 0 saturated heterocycles. The number of ether oxygens (including phenoxy) is 2. The third-order valence-electron chi connectivity index (χ3n) is 2.16. The largest absolute Gasteiger partial charge is 0.454 e. The molecule has 0 aromatic heterocycles. The minimum Gasteiger partial charge on any atom is -0.454 e. The molecule has 4 nitrogen and oxygen atoms in total. The van der Waals surface area contributed by atoms with Crippen LogP contribution in [0.15, 0.2) is 23.2 Å². The first-order valence-corrected chi connectivity index (χ1v) is 4.62. The van der Waals surface area contributed by atoms with E-state index in [9.17, 15) is 4.79 Å². The zero-order chi connectivity index (χ0) is 10.8. The molecule has 0 spiro atoms. The second kappa shape index (κ2) is 3.73. The average Bonchev–Trinajstić information content (AvgIpc) is 2.64. The van der Waals surface area contributed by atoms with Crippen LogP contribution in [0.3, 0.4) is 0 Å². The molecule has 78 valence electrons. The second-order valence-corrected chi connectivity index (χ2v) is 3.29. The summed E-state index contributed by atoms with van der Waals surface area (Å²) in [5.41, 5.74) is 1.18. The van der Waals surface area contributed by atoms with Gasteiger partial charge in [-0.2, -0.15) is 0 Å². The zero-order valence-electron chi connectivity index (χ0n) is 8.61. The van der Waals surface area contributed by atoms with Gasteiger partial charge < -0.3 is 9.47 Å². The Balaban J connectivity index is 2.31. The van der Waals surface area contributed by atoms with Crippen LogP contribution in [-0.4, -0.2) is 18.3 Å². The lowest BCUT2D eigenvalue weighted by Crippen LogP contribution is -2.03. The molecule has 2 rings (SSSR count). The second-order valence-electron chi connectivity index (χ2n) is 3.29. The van der Waals surface area contributed by atoms with Crippen LogP contribution in [0.4, 0.5) is 5.69 Å². The molecule has 0 N–H and O–H groups in total. The Morgan fingerprint density at radius 2 is 2.00 bits per heavy atom. The highest BCUT2D eigenvalue weighted by molar-refractivity contribution is 6.38. The molecule has 0 bridgehead atoms. The fraction of sp³-hybridized carbons (Fsp3) is 0.273. The van der Waals surface area contributed by atoms with E-state index in [-0.39, 0.29) is 12.6 Å². The van der Waals surface area contributed by atoms with Gasteiger partial charge in [-0.15, -0.1) is 0 Å². The van der Waals surface area contributed by atoms with E-state index in [1.54, 1.807) is 25.1 Å². The quantitative estimate of drug-likeness (QED) is 0.694. The number of carbonyl (C=O) groups is 1. The first kappa shape index (κ1) is 9.71. The topological polar surface area (TPSA) is 47.9 Å². The first-order valence-electron chi connectivity index (χ1n) is 4.62. The van der Waals surface area contributed by atoms with Crippen molar-refractivity contribution in [2.45, 2.75) is 13.8 Å². The van der Waals surface area contributed by atoms with Gasteiger partial charge in [0.1, 0.15) is 0 Å². The molecule has 1 aliphatic rings. The average molecular weight is 205 g/mol. The molecule has 1 aromatic rings. The maximum Gasteiger partial charge on any atom is 0.231 e. The predicted molar refractivity (Wildman–Crippen MR) is 56.0 cm³/mol. The fourth-order valence-corrected chi connectivity index (χ4v) is 1.23. The Labute approximate surface area is 87.5 Å². The van der Waals surface area contributed by atoms with Crippen LogP contribution in [0.2, 0.25) is 0 Å². The van der Waals surface area contributed by atoms with Gasteiger partial charge in [-0.05, 0) is 19.1 Å². The van der Waals surface area contributed by atoms with Crippen molar-refractivity contribution in [1.82, 2.24) is 0 Å². The smallest absolute Gasteiger partial charge is 0.231 e. The molecule has 0 unspecified atom stereocenters. The molecule has 15 heavy (non-hydrogen) atoms. The molecule has 1 aliphatic heterocycles. The number of benzene rings is 1. The Hall–Kier alpha value is -1.84. The lowest BCUT2D eigenvalue weighted by atomic mass is 10.2. The highest BCUT2D eigenvalue weighted by atomic mass is 16.7. The van der Waals surface area contributed by atoms with E-state index in [4.69, 9.17) is 9.47 Å². The molecule has 0 aliphatic carbocycles. The summed E-state index contributed by atoms with van der Waals surface area (Å²) < 4.78 is 10.4. The van der Waals surface area contributed by atoms with Crippen molar-refractivity contribution in [2.75, 3.05) is 6.79 Å². The minimum atomic E-state index is -0.0346. The van der Waals surface area contributed by atoms with E-state index in [1.165, 1.54) is 6.92 Å². The lowest BCUT2D eigenvalue weighted by molar-refractivity contribution is -0.111. The zero-order valence-corrected chi connectivity index (χ0v) is 8.61. The highest BCUT2D eigenvalue weighted by Gasteiger charge is 2.13. The summed E-state index contributed by atoms with van der Waals surface area (Å²) in [4.78, 5) is 15.2. The molecular formula is C11H11NO3. The van der Waals surface area contributed by atoms with E-state index in [0.717, 1.165) is 5.75 Å². The van der Waals surface area contributed by atoms with E-state index >= 15 is 0 Å². The fourth-order valence-electron chi connectivity index (χ4n) is 1.23. The van der Waals surface area contributed by atoms with Gasteiger partial charge in [-0.1, -0.05) is 0 Å². The van der Waals surface area contributed by atoms with Crippen molar-refractivity contribution in [3.63, 3.8) is 0 Å². The maximum absolute atomic E-state index is 11.0. The third-order valence-corrected chi connectivity index (χ3v) is 2.16. The molecule has 0 saturated carbocycles. The Morgan fingerprint density at radius 3 is 2.73 bits per heavy atom. The van der Waals surface area contributed by atoms with E-state index in [1.807, 2.05) is 0 Å². The van der Waals surface area contributed by atoms with Crippen LogP contribution in [0.5, 0.6) is 11.5 Å². The number of nitrogens with zero attached hydrogens (tertiary/aromatic N) is 1. The Morgan fingerprint density at radius 1 is 1.27 bits per heavy atom. The Bertz CT molecular complexity index is 437. The van der Waals surface area contributed by atoms with Crippen LogP contribution in [0.25, 0.3) is 0 Å². The number of carbonyl (C=O) groups excluding carboxylic acids is 1. The Kier molecular flexibility index (Phi) is 2.41. The molecule has 1 heterocycles. The molecule has 4 heteroatoms. The van der Waals surface area contributed by atoms with E-state index < -0.39 is 0 Å². The first-order chi connectivity index (χ1) is 7.16. The number of fused-ring (bicyclic) bond motifs is 1. The van der Waals surface area contributed by atoms with Gasteiger partial charge in [0.15, 0.2) is 17.3 Å². The molecule has 0 amide bonds. The van der Waals surface area contributed by atoms with Crippen LogP contribution >= 0.6 is 0 Å². The number of aliphatic imine (C=N–C) groups is 1.